The summed E-state index contributed by atoms with van der Waals surface area (Å²) in [6.07, 6.45) is 1.78. The second-order valence-corrected chi connectivity index (χ2v) is 12.5. The van der Waals surface area contributed by atoms with Gasteiger partial charge in [0.05, 0.1) is 30.4 Å². The zero-order chi connectivity index (χ0) is 25.8. The number of primary amides is 1. The second kappa shape index (κ2) is 11.3. The lowest BCUT2D eigenvalue weighted by Crippen LogP contribution is -2.18. The highest BCUT2D eigenvalue weighted by molar-refractivity contribution is 8.01. The van der Waals surface area contributed by atoms with E-state index in [0.717, 1.165) is 22.9 Å². The van der Waals surface area contributed by atoms with Crippen molar-refractivity contribution < 1.29 is 18.0 Å². The number of sulfone groups is 1. The van der Waals surface area contributed by atoms with Crippen LogP contribution in [0.2, 0.25) is 0 Å². The molecule has 0 radical (unpaired) electrons. The molecule has 0 aliphatic rings. The van der Waals surface area contributed by atoms with Gasteiger partial charge in [0.15, 0.2) is 0 Å². The molecule has 6 N–H and O–H groups in total. The number of hydrogen-bond acceptors (Lipinski definition) is 8. The van der Waals surface area contributed by atoms with E-state index in [9.17, 15) is 18.0 Å². The van der Waals surface area contributed by atoms with E-state index in [1.807, 2.05) is 19.1 Å². The summed E-state index contributed by atoms with van der Waals surface area (Å²) in [5.74, 6) is -0.716. The number of thioether (sulfide) groups is 2. The summed E-state index contributed by atoms with van der Waals surface area (Å²) < 4.78 is 27.4. The molecule has 0 saturated heterocycles. The van der Waals surface area contributed by atoms with Crippen molar-refractivity contribution in [3.63, 3.8) is 0 Å². The summed E-state index contributed by atoms with van der Waals surface area (Å²) in [6.45, 7) is 1.87. The molecule has 8 nitrogen and oxygen atoms in total. The van der Waals surface area contributed by atoms with Crippen LogP contribution in [-0.2, 0) is 19.4 Å². The third-order valence-electron chi connectivity index (χ3n) is 4.85. The highest BCUT2D eigenvalue weighted by Crippen LogP contribution is 2.38. The third-order valence-corrected chi connectivity index (χ3v) is 10.1. The first-order valence-electron chi connectivity index (χ1n) is 10.2. The number of carbonyl (C=O) groups excluding carboxylic acids is 2. The van der Waals surface area contributed by atoms with E-state index in [1.54, 1.807) is 36.6 Å². The maximum Gasteiger partial charge on any atom is 0.234 e. The molecule has 3 rings (SSSR count). The number of nitrogen functional groups attached to an aromatic ring is 1. The number of anilines is 1. The minimum absolute atomic E-state index is 0.0739. The quantitative estimate of drug-likeness (QED) is 0.171. The van der Waals surface area contributed by atoms with Crippen LogP contribution in [0.4, 0.5) is 5.69 Å². The molecular weight excluding hydrogens is 525 g/mol. The molecule has 0 fully saturated rings. The van der Waals surface area contributed by atoms with E-state index in [0.29, 0.717) is 20.3 Å². The third kappa shape index (κ3) is 6.45. The first-order valence-corrected chi connectivity index (χ1v) is 14.8. The molecule has 2 amide bonds. The van der Waals surface area contributed by atoms with Gasteiger partial charge in [-0.25, -0.2) is 8.42 Å². The molecule has 184 valence electrons. The fraction of sp³-hybridized carbons (Fsp3) is 0.174. The van der Waals surface area contributed by atoms with Gasteiger partial charge in [0.2, 0.25) is 21.7 Å². The Hall–Kier alpha value is -2.80. The molecule has 35 heavy (non-hydrogen) atoms. The molecule has 1 aromatic heterocycles. The molecular formula is C23H24N4O4S4. The predicted molar refractivity (Wildman–Crippen MR) is 144 cm³/mol. The molecule has 1 heterocycles. The number of benzene rings is 2. The standard InChI is InChI=1S/C23H24N4O4S4/c1-13-8-15(27-21(29)12-33-11-20(24)28)6-7-17(13)14-4-3-5-16(9-14)35(30,31)19-10-18(22(25)26)34-23(19)32-2/h3-10H,11-12H2,1-2H3,(H2,24,28)(H3,25,26)(H,27,29). The number of carbonyl (C=O) groups is 2. The van der Waals surface area contributed by atoms with E-state index in [-0.39, 0.29) is 33.0 Å². The Morgan fingerprint density at radius 2 is 1.83 bits per heavy atom. The predicted octanol–water partition coefficient (Wildman–Crippen LogP) is 3.72. The number of hydrogen-bond donors (Lipinski definition) is 4. The number of amidine groups is 1. The summed E-state index contributed by atoms with van der Waals surface area (Å²) >= 11 is 3.62. The first kappa shape index (κ1) is 26.8. The molecule has 3 aromatic rings. The first-order chi connectivity index (χ1) is 16.5. The van der Waals surface area contributed by atoms with Gasteiger partial charge in [-0.1, -0.05) is 18.2 Å². The summed E-state index contributed by atoms with van der Waals surface area (Å²) in [5, 5.41) is 10.4. The maximum absolute atomic E-state index is 13.4. The normalized spacial score (nSPS) is 11.3. The molecule has 0 saturated carbocycles. The van der Waals surface area contributed by atoms with Crippen LogP contribution in [0.1, 0.15) is 10.4 Å². The topological polar surface area (TPSA) is 156 Å². The van der Waals surface area contributed by atoms with Gasteiger partial charge in [-0.05, 0) is 60.2 Å². The average Bonchev–Trinajstić information content (AvgIpc) is 3.25. The van der Waals surface area contributed by atoms with Crippen molar-refractivity contribution in [1.82, 2.24) is 0 Å². The Bertz CT molecular complexity index is 1400. The number of rotatable bonds is 10. The molecule has 12 heteroatoms. The summed E-state index contributed by atoms with van der Waals surface area (Å²) in [4.78, 5) is 23.6. The van der Waals surface area contributed by atoms with Crippen molar-refractivity contribution in [2.24, 2.45) is 11.5 Å². The molecule has 0 atom stereocenters. The van der Waals surface area contributed by atoms with Gasteiger partial charge in [0.1, 0.15) is 5.84 Å². The van der Waals surface area contributed by atoms with Gasteiger partial charge in [-0.3, -0.25) is 15.0 Å². The lowest BCUT2D eigenvalue weighted by Gasteiger charge is -2.12. The zero-order valence-electron chi connectivity index (χ0n) is 19.0. The van der Waals surface area contributed by atoms with E-state index in [2.05, 4.69) is 5.32 Å². The van der Waals surface area contributed by atoms with Crippen molar-refractivity contribution in [1.29, 1.82) is 5.41 Å². The lowest BCUT2D eigenvalue weighted by atomic mass is 10.00. The number of nitrogens with one attached hydrogen (secondary N) is 2. The Labute approximate surface area is 216 Å². The number of nitrogens with two attached hydrogens (primary N) is 2. The zero-order valence-corrected chi connectivity index (χ0v) is 22.2. The SMILES string of the molecule is CSc1sc(C(=N)N)cc1S(=O)(=O)c1cccc(-c2ccc(NC(=O)CSCC(N)=O)cc2C)c1. The molecule has 2 aromatic carbocycles. The summed E-state index contributed by atoms with van der Waals surface area (Å²) in [7, 11) is -3.83. The van der Waals surface area contributed by atoms with Crippen LogP contribution in [0.15, 0.2) is 62.5 Å². The molecule has 0 aliphatic carbocycles. The Balaban J connectivity index is 1.87. The van der Waals surface area contributed by atoms with Gasteiger partial charge in [-0.2, -0.15) is 0 Å². The average molecular weight is 549 g/mol. The van der Waals surface area contributed by atoms with Gasteiger partial charge in [0, 0.05) is 5.69 Å². The second-order valence-electron chi connectivity index (χ2n) is 7.45. The largest absolute Gasteiger partial charge is 0.383 e. The minimum atomic E-state index is -3.83. The Kier molecular flexibility index (Phi) is 8.65. The highest BCUT2D eigenvalue weighted by Gasteiger charge is 2.25. The van der Waals surface area contributed by atoms with Gasteiger partial charge >= 0.3 is 0 Å². The van der Waals surface area contributed by atoms with Crippen molar-refractivity contribution in [3.05, 3.63) is 59.0 Å². The molecule has 0 spiro atoms. The van der Waals surface area contributed by atoms with Crippen molar-refractivity contribution in [3.8, 4) is 11.1 Å². The van der Waals surface area contributed by atoms with Gasteiger partial charge < -0.3 is 16.8 Å². The van der Waals surface area contributed by atoms with E-state index >= 15 is 0 Å². The highest BCUT2D eigenvalue weighted by atomic mass is 32.2. The smallest absolute Gasteiger partial charge is 0.234 e. The fourth-order valence-electron chi connectivity index (χ4n) is 3.28. The summed E-state index contributed by atoms with van der Waals surface area (Å²) in [6, 6.07) is 13.5. The molecule has 0 bridgehead atoms. The van der Waals surface area contributed by atoms with Crippen LogP contribution in [-0.4, -0.2) is 43.8 Å². The minimum Gasteiger partial charge on any atom is -0.383 e. The monoisotopic (exact) mass is 548 g/mol. The van der Waals surface area contributed by atoms with Gasteiger partial charge in [-0.15, -0.1) is 34.9 Å². The fourth-order valence-corrected chi connectivity index (χ4v) is 7.75. The van der Waals surface area contributed by atoms with Crippen molar-refractivity contribution in [2.45, 2.75) is 20.9 Å². The van der Waals surface area contributed by atoms with Gasteiger partial charge in [0.25, 0.3) is 0 Å². The van der Waals surface area contributed by atoms with E-state index in [4.69, 9.17) is 16.9 Å². The van der Waals surface area contributed by atoms with Crippen molar-refractivity contribution >= 4 is 68.0 Å². The van der Waals surface area contributed by atoms with Crippen LogP contribution in [0.25, 0.3) is 11.1 Å². The molecule has 0 unspecified atom stereocenters. The number of aryl methyl sites for hydroxylation is 1. The van der Waals surface area contributed by atoms with Crippen LogP contribution in [0, 0.1) is 12.3 Å². The van der Waals surface area contributed by atoms with Crippen molar-refractivity contribution in [2.75, 3.05) is 23.1 Å². The van der Waals surface area contributed by atoms with Crippen LogP contribution in [0.3, 0.4) is 0 Å². The molecule has 0 aliphatic heterocycles. The van der Waals surface area contributed by atoms with Crippen LogP contribution < -0.4 is 16.8 Å². The van der Waals surface area contributed by atoms with E-state index in [1.165, 1.54) is 29.2 Å². The lowest BCUT2D eigenvalue weighted by molar-refractivity contribution is -0.115. The number of thiophene rings is 1. The summed E-state index contributed by atoms with van der Waals surface area (Å²) in [5.41, 5.74) is 13.6. The Morgan fingerprint density at radius 3 is 2.46 bits per heavy atom. The maximum atomic E-state index is 13.4. The number of amides is 2. The van der Waals surface area contributed by atoms with Crippen LogP contribution in [0.5, 0.6) is 0 Å². The van der Waals surface area contributed by atoms with E-state index < -0.39 is 15.7 Å². The Morgan fingerprint density at radius 1 is 1.09 bits per heavy atom. The van der Waals surface area contributed by atoms with Crippen LogP contribution >= 0.6 is 34.9 Å².